The predicted octanol–water partition coefficient (Wildman–Crippen LogP) is 5.30. The number of aryl methyl sites for hydroxylation is 3. The van der Waals surface area contributed by atoms with Gasteiger partial charge in [0.2, 0.25) is 0 Å². The number of carbonyl (C=O) groups excluding carboxylic acids is 2. The van der Waals surface area contributed by atoms with E-state index in [0.717, 1.165) is 33.7 Å². The topological polar surface area (TPSA) is 58.6 Å². The fourth-order valence-corrected chi connectivity index (χ4v) is 3.90. The minimum absolute atomic E-state index is 0.0283. The third-order valence-electron chi connectivity index (χ3n) is 5.51. The van der Waals surface area contributed by atoms with E-state index >= 15 is 0 Å². The second-order valence-corrected chi connectivity index (χ2v) is 7.94. The monoisotopic (exact) mass is 448 g/mol. The first-order valence-corrected chi connectivity index (χ1v) is 10.3. The summed E-state index contributed by atoms with van der Waals surface area (Å²) >= 11 is 0. The molecule has 1 aliphatic heterocycles. The number of ether oxygens (including phenoxy) is 1. The molecular formula is C26H22F2N2O3. The molecule has 0 atom stereocenters. The zero-order valence-corrected chi connectivity index (χ0v) is 18.6. The van der Waals surface area contributed by atoms with Crippen LogP contribution in [0, 0.1) is 32.4 Å². The standard InChI is InChI=1S/C26H22F2N2O3/c1-14-5-8-18(16(3)11-14)23-24(29-21-12-15(2)6-10-22(21)33-4)26(32)30(25(23)31)17-7-9-19(27)20(28)13-17/h5-13,29H,1-4H3. The summed E-state index contributed by atoms with van der Waals surface area (Å²) in [7, 11) is 1.50. The number of hydrogen-bond donors (Lipinski definition) is 1. The summed E-state index contributed by atoms with van der Waals surface area (Å²) in [5.41, 5.74) is 3.91. The Hall–Kier alpha value is -4.00. The fraction of sp³-hybridized carbons (Fsp3) is 0.154. The smallest absolute Gasteiger partial charge is 0.282 e. The number of methoxy groups -OCH3 is 1. The maximum atomic E-state index is 13.9. The van der Waals surface area contributed by atoms with Crippen LogP contribution in [0.5, 0.6) is 5.75 Å². The molecule has 3 aromatic rings. The summed E-state index contributed by atoms with van der Waals surface area (Å²) in [5, 5.41) is 3.07. The molecule has 7 heteroatoms. The van der Waals surface area contributed by atoms with Crippen LogP contribution in [0.2, 0.25) is 0 Å². The van der Waals surface area contributed by atoms with E-state index < -0.39 is 23.4 Å². The fourth-order valence-electron chi connectivity index (χ4n) is 3.90. The number of hydrogen-bond acceptors (Lipinski definition) is 4. The highest BCUT2D eigenvalue weighted by atomic mass is 19.2. The van der Waals surface area contributed by atoms with E-state index in [1.807, 2.05) is 39.0 Å². The molecule has 168 valence electrons. The molecule has 1 aliphatic rings. The highest BCUT2D eigenvalue weighted by molar-refractivity contribution is 6.46. The van der Waals surface area contributed by atoms with Crippen molar-refractivity contribution in [1.82, 2.24) is 0 Å². The Balaban J connectivity index is 1.90. The van der Waals surface area contributed by atoms with Crippen molar-refractivity contribution in [2.45, 2.75) is 20.8 Å². The number of anilines is 2. The van der Waals surface area contributed by atoms with Crippen LogP contribution in [0.4, 0.5) is 20.2 Å². The Kier molecular flexibility index (Phi) is 5.72. The van der Waals surface area contributed by atoms with Gasteiger partial charge in [-0.2, -0.15) is 0 Å². The number of nitrogens with one attached hydrogen (secondary N) is 1. The first-order valence-electron chi connectivity index (χ1n) is 10.3. The summed E-state index contributed by atoms with van der Waals surface area (Å²) < 4.78 is 32.8. The highest BCUT2D eigenvalue weighted by Crippen LogP contribution is 2.37. The van der Waals surface area contributed by atoms with Gasteiger partial charge in [-0.15, -0.1) is 0 Å². The average molecular weight is 448 g/mol. The molecule has 4 rings (SSSR count). The van der Waals surface area contributed by atoms with E-state index in [1.54, 1.807) is 18.2 Å². The summed E-state index contributed by atoms with van der Waals surface area (Å²) in [5.74, 6) is -3.04. The van der Waals surface area contributed by atoms with Crippen molar-refractivity contribution in [3.63, 3.8) is 0 Å². The van der Waals surface area contributed by atoms with Gasteiger partial charge in [0.05, 0.1) is 24.1 Å². The quantitative estimate of drug-likeness (QED) is 0.539. The molecule has 0 saturated heterocycles. The summed E-state index contributed by atoms with van der Waals surface area (Å²) in [6.45, 7) is 5.66. The lowest BCUT2D eigenvalue weighted by Crippen LogP contribution is -2.32. The zero-order chi connectivity index (χ0) is 23.9. The number of amides is 2. The molecule has 5 nitrogen and oxygen atoms in total. The van der Waals surface area contributed by atoms with Gasteiger partial charge >= 0.3 is 0 Å². The lowest BCUT2D eigenvalue weighted by atomic mass is 9.97. The van der Waals surface area contributed by atoms with E-state index in [0.29, 0.717) is 17.0 Å². The second-order valence-electron chi connectivity index (χ2n) is 7.94. The Morgan fingerprint density at radius 1 is 0.818 bits per heavy atom. The molecule has 33 heavy (non-hydrogen) atoms. The van der Waals surface area contributed by atoms with Gasteiger partial charge in [0, 0.05) is 6.07 Å². The minimum atomic E-state index is -1.15. The van der Waals surface area contributed by atoms with Crippen LogP contribution in [0.1, 0.15) is 22.3 Å². The molecule has 3 aromatic carbocycles. The van der Waals surface area contributed by atoms with Gasteiger partial charge in [-0.25, -0.2) is 13.7 Å². The maximum Gasteiger partial charge on any atom is 0.282 e. The average Bonchev–Trinajstić information content (AvgIpc) is 3.00. The zero-order valence-electron chi connectivity index (χ0n) is 18.6. The van der Waals surface area contributed by atoms with Crippen LogP contribution < -0.4 is 15.0 Å². The van der Waals surface area contributed by atoms with Crippen molar-refractivity contribution in [2.24, 2.45) is 0 Å². The van der Waals surface area contributed by atoms with Crippen molar-refractivity contribution in [1.29, 1.82) is 0 Å². The Morgan fingerprint density at radius 2 is 1.52 bits per heavy atom. The van der Waals surface area contributed by atoms with E-state index in [1.165, 1.54) is 13.2 Å². The maximum absolute atomic E-state index is 13.9. The van der Waals surface area contributed by atoms with Crippen LogP contribution in [0.3, 0.4) is 0 Å². The Morgan fingerprint density at radius 3 is 2.18 bits per heavy atom. The number of halogens is 2. The summed E-state index contributed by atoms with van der Waals surface area (Å²) in [6, 6.07) is 13.9. The summed E-state index contributed by atoms with van der Waals surface area (Å²) in [6.07, 6.45) is 0. The SMILES string of the molecule is COc1ccc(C)cc1NC1=C(c2ccc(C)cc2C)C(=O)N(c2ccc(F)c(F)c2)C1=O. The molecule has 1 heterocycles. The molecule has 0 spiro atoms. The van der Waals surface area contributed by atoms with Crippen molar-refractivity contribution < 1.29 is 23.1 Å². The molecular weight excluding hydrogens is 426 g/mol. The third-order valence-corrected chi connectivity index (χ3v) is 5.51. The van der Waals surface area contributed by atoms with E-state index in [2.05, 4.69) is 5.32 Å². The molecule has 0 aliphatic carbocycles. The van der Waals surface area contributed by atoms with Gasteiger partial charge in [0.15, 0.2) is 11.6 Å². The lowest BCUT2D eigenvalue weighted by molar-refractivity contribution is -0.120. The Labute approximate surface area is 190 Å². The van der Waals surface area contributed by atoms with Crippen molar-refractivity contribution in [2.75, 3.05) is 17.3 Å². The largest absolute Gasteiger partial charge is 0.495 e. The van der Waals surface area contributed by atoms with Crippen molar-refractivity contribution in [3.05, 3.63) is 94.2 Å². The molecule has 0 fully saturated rings. The normalized spacial score (nSPS) is 13.7. The van der Waals surface area contributed by atoms with E-state index in [4.69, 9.17) is 4.74 Å². The summed E-state index contributed by atoms with van der Waals surface area (Å²) in [4.78, 5) is 27.9. The van der Waals surface area contributed by atoms with Crippen molar-refractivity contribution in [3.8, 4) is 5.75 Å². The van der Waals surface area contributed by atoms with Crippen LogP contribution in [0.25, 0.3) is 5.57 Å². The van der Waals surface area contributed by atoms with E-state index in [-0.39, 0.29) is 17.0 Å². The van der Waals surface area contributed by atoms with Gasteiger partial charge in [0.1, 0.15) is 11.4 Å². The van der Waals surface area contributed by atoms with Crippen LogP contribution in [-0.2, 0) is 9.59 Å². The number of nitrogens with zero attached hydrogens (tertiary/aromatic N) is 1. The van der Waals surface area contributed by atoms with Gasteiger partial charge in [0.25, 0.3) is 11.8 Å². The molecule has 1 N–H and O–H groups in total. The highest BCUT2D eigenvalue weighted by Gasteiger charge is 2.41. The number of benzene rings is 3. The lowest BCUT2D eigenvalue weighted by Gasteiger charge is -2.16. The third kappa shape index (κ3) is 3.98. The van der Waals surface area contributed by atoms with Crippen molar-refractivity contribution >= 4 is 28.8 Å². The van der Waals surface area contributed by atoms with Crippen LogP contribution >= 0.6 is 0 Å². The van der Waals surface area contributed by atoms with Gasteiger partial charge in [-0.3, -0.25) is 9.59 Å². The number of rotatable bonds is 5. The molecule has 0 unspecified atom stereocenters. The molecule has 0 saturated carbocycles. The second kappa shape index (κ2) is 8.50. The van der Waals surface area contributed by atoms with Gasteiger partial charge in [-0.05, 0) is 61.7 Å². The number of carbonyl (C=O) groups is 2. The Bertz CT molecular complexity index is 1330. The minimum Gasteiger partial charge on any atom is -0.495 e. The van der Waals surface area contributed by atoms with Gasteiger partial charge in [-0.1, -0.05) is 29.8 Å². The number of imide groups is 1. The molecule has 0 aromatic heterocycles. The van der Waals surface area contributed by atoms with Gasteiger partial charge < -0.3 is 10.1 Å². The first kappa shape index (κ1) is 22.2. The van der Waals surface area contributed by atoms with E-state index in [9.17, 15) is 18.4 Å². The molecule has 2 amide bonds. The van der Waals surface area contributed by atoms with Crippen LogP contribution in [0.15, 0.2) is 60.3 Å². The first-order chi connectivity index (χ1) is 15.7. The molecule has 0 bridgehead atoms. The predicted molar refractivity (Wildman–Crippen MR) is 123 cm³/mol. The molecule has 0 radical (unpaired) electrons. The van der Waals surface area contributed by atoms with Crippen LogP contribution in [-0.4, -0.2) is 18.9 Å².